The number of para-hydroxylation sites is 1. The molecule has 2 N–H and O–H groups in total. The van der Waals surface area contributed by atoms with E-state index in [0.29, 0.717) is 22.0 Å². The van der Waals surface area contributed by atoms with Crippen molar-refractivity contribution in [2.75, 3.05) is 10.6 Å². The van der Waals surface area contributed by atoms with Gasteiger partial charge >= 0.3 is 0 Å². The van der Waals surface area contributed by atoms with Crippen molar-refractivity contribution < 1.29 is 8.42 Å². The van der Waals surface area contributed by atoms with E-state index in [4.69, 9.17) is 23.2 Å². The van der Waals surface area contributed by atoms with E-state index in [1.54, 1.807) is 66.7 Å². The van der Waals surface area contributed by atoms with E-state index in [1.165, 1.54) is 0 Å². The van der Waals surface area contributed by atoms with Crippen LogP contribution < -0.4 is 10.6 Å². The summed E-state index contributed by atoms with van der Waals surface area (Å²) in [7, 11) is -3.71. The Kier molecular flexibility index (Phi) is 5.02. The van der Waals surface area contributed by atoms with Crippen LogP contribution in [0.5, 0.6) is 0 Å². The molecule has 3 aromatic carbocycles. The average molecular weight is 432 g/mol. The lowest BCUT2D eigenvalue weighted by molar-refractivity contribution is 0.596. The molecule has 1 heterocycles. The van der Waals surface area contributed by atoms with Crippen molar-refractivity contribution in [2.45, 2.75) is 16.0 Å². The van der Waals surface area contributed by atoms with Gasteiger partial charge < -0.3 is 10.6 Å². The Morgan fingerprint density at radius 2 is 1.61 bits per heavy atom. The highest BCUT2D eigenvalue weighted by molar-refractivity contribution is 7.91. The molecule has 5 nitrogen and oxygen atoms in total. The number of rotatable bonds is 4. The molecule has 8 heteroatoms. The summed E-state index contributed by atoms with van der Waals surface area (Å²) in [6.07, 6.45) is -0.635. The summed E-state index contributed by atoms with van der Waals surface area (Å²) in [4.78, 5) is 4.73. The van der Waals surface area contributed by atoms with Gasteiger partial charge in [-0.25, -0.2) is 13.4 Å². The molecule has 0 bridgehead atoms. The number of nitrogens with one attached hydrogen (secondary N) is 2. The van der Waals surface area contributed by atoms with Crippen molar-refractivity contribution in [3.8, 4) is 0 Å². The van der Waals surface area contributed by atoms with Crippen LogP contribution in [0.3, 0.4) is 0 Å². The zero-order chi connectivity index (χ0) is 19.7. The number of sulfone groups is 1. The highest BCUT2D eigenvalue weighted by atomic mass is 35.5. The van der Waals surface area contributed by atoms with Gasteiger partial charge in [0.05, 0.1) is 15.5 Å². The average Bonchev–Trinajstić information content (AvgIpc) is 2.68. The first kappa shape index (κ1) is 18.8. The van der Waals surface area contributed by atoms with E-state index >= 15 is 0 Å². The molecule has 1 unspecified atom stereocenters. The van der Waals surface area contributed by atoms with Crippen molar-refractivity contribution >= 4 is 49.7 Å². The molecule has 0 aliphatic carbocycles. The molecule has 0 aromatic heterocycles. The minimum absolute atomic E-state index is 0.152. The largest absolute Gasteiger partial charge is 0.359 e. The minimum Gasteiger partial charge on any atom is -0.359 e. The van der Waals surface area contributed by atoms with Gasteiger partial charge in [0.1, 0.15) is 0 Å². The molecular formula is C20H15Cl2N3O2S. The molecular weight excluding hydrogens is 417 g/mol. The highest BCUT2D eigenvalue weighted by Gasteiger charge is 2.26. The number of nitrogens with zero attached hydrogens (tertiary/aromatic N) is 1. The summed E-state index contributed by atoms with van der Waals surface area (Å²) in [6.45, 7) is 0. The Hall–Kier alpha value is -2.54. The summed E-state index contributed by atoms with van der Waals surface area (Å²) in [5.41, 5.74) is 1.83. The van der Waals surface area contributed by atoms with Crippen LogP contribution in [-0.4, -0.2) is 13.7 Å². The van der Waals surface area contributed by atoms with E-state index in [2.05, 4.69) is 15.6 Å². The molecule has 0 spiro atoms. The molecule has 0 amide bonds. The van der Waals surface area contributed by atoms with E-state index in [1.807, 2.05) is 6.07 Å². The summed E-state index contributed by atoms with van der Waals surface area (Å²) in [5, 5.41) is 6.83. The molecule has 1 aliphatic heterocycles. The van der Waals surface area contributed by atoms with E-state index < -0.39 is 16.0 Å². The van der Waals surface area contributed by atoms with Crippen LogP contribution in [0.25, 0.3) is 0 Å². The third-order valence-electron chi connectivity index (χ3n) is 4.33. The molecule has 0 radical (unpaired) electrons. The van der Waals surface area contributed by atoms with Crippen LogP contribution in [0.1, 0.15) is 11.7 Å². The van der Waals surface area contributed by atoms with E-state index in [-0.39, 0.29) is 15.1 Å². The minimum atomic E-state index is -3.71. The Bertz CT molecular complexity index is 1170. The van der Waals surface area contributed by atoms with Gasteiger partial charge in [0.2, 0.25) is 9.84 Å². The quantitative estimate of drug-likeness (QED) is 0.549. The van der Waals surface area contributed by atoms with Crippen LogP contribution in [0, 0.1) is 0 Å². The Balaban J connectivity index is 1.78. The second kappa shape index (κ2) is 7.47. The van der Waals surface area contributed by atoms with Crippen molar-refractivity contribution in [2.24, 2.45) is 4.99 Å². The van der Waals surface area contributed by atoms with E-state index in [9.17, 15) is 8.42 Å². The van der Waals surface area contributed by atoms with Gasteiger partial charge in [0, 0.05) is 16.3 Å². The lowest BCUT2D eigenvalue weighted by atomic mass is 10.1. The van der Waals surface area contributed by atoms with Gasteiger partial charge in [-0.2, -0.15) is 0 Å². The van der Waals surface area contributed by atoms with Crippen LogP contribution >= 0.6 is 23.2 Å². The first-order valence-corrected chi connectivity index (χ1v) is 10.6. The van der Waals surface area contributed by atoms with Crippen molar-refractivity contribution in [3.63, 3.8) is 0 Å². The molecule has 0 saturated heterocycles. The summed E-state index contributed by atoms with van der Waals surface area (Å²) in [5.74, 6) is 0. The standard InChI is InChI=1S/C20H15Cl2N3O2S/c21-14-9-6-11-16-18(14)19(25-20(22)24-16)23-15-10-4-5-12-17(15)28(26,27)13-7-2-1-3-8-13/h1-12,19,23H,(H,24,25). The predicted molar refractivity (Wildman–Crippen MR) is 113 cm³/mol. The fraction of sp³-hybridized carbons (Fsp3) is 0.0500. The Labute approximate surface area is 172 Å². The smallest absolute Gasteiger partial charge is 0.208 e. The van der Waals surface area contributed by atoms with Crippen LogP contribution in [0.4, 0.5) is 11.4 Å². The molecule has 1 aliphatic rings. The molecule has 4 rings (SSSR count). The number of hydrogen-bond donors (Lipinski definition) is 2. The molecule has 3 aromatic rings. The monoisotopic (exact) mass is 431 g/mol. The third-order valence-corrected chi connectivity index (χ3v) is 6.68. The SMILES string of the molecule is O=S(=O)(c1ccccc1)c1ccccc1NC1N=C(Cl)Nc2cccc(Cl)c21. The summed E-state index contributed by atoms with van der Waals surface area (Å²) < 4.78 is 26.3. The Morgan fingerprint density at radius 3 is 2.39 bits per heavy atom. The predicted octanol–water partition coefficient (Wildman–Crippen LogP) is 5.30. The topological polar surface area (TPSA) is 70.6 Å². The maximum atomic E-state index is 13.1. The van der Waals surface area contributed by atoms with Gasteiger partial charge in [-0.05, 0) is 48.0 Å². The van der Waals surface area contributed by atoms with Gasteiger partial charge in [-0.15, -0.1) is 0 Å². The zero-order valence-corrected chi connectivity index (χ0v) is 16.8. The molecule has 0 saturated carbocycles. The van der Waals surface area contributed by atoms with Crippen LogP contribution in [0.15, 0.2) is 87.6 Å². The number of fused-ring (bicyclic) bond motifs is 1. The summed E-state index contributed by atoms with van der Waals surface area (Å²) >= 11 is 12.5. The maximum absolute atomic E-state index is 13.1. The zero-order valence-electron chi connectivity index (χ0n) is 14.4. The number of halogens is 2. The third kappa shape index (κ3) is 3.46. The van der Waals surface area contributed by atoms with Crippen LogP contribution in [-0.2, 0) is 9.84 Å². The first-order valence-electron chi connectivity index (χ1n) is 8.41. The number of amidine groups is 1. The van der Waals surface area contributed by atoms with Gasteiger partial charge in [0.15, 0.2) is 11.5 Å². The maximum Gasteiger partial charge on any atom is 0.208 e. The molecule has 1 atom stereocenters. The molecule has 0 fully saturated rings. The first-order chi connectivity index (χ1) is 13.5. The van der Waals surface area contributed by atoms with Gasteiger partial charge in [0.25, 0.3) is 0 Å². The number of benzene rings is 3. The summed E-state index contributed by atoms with van der Waals surface area (Å²) in [6, 6.07) is 20.4. The van der Waals surface area contributed by atoms with Gasteiger partial charge in [-0.1, -0.05) is 48.0 Å². The van der Waals surface area contributed by atoms with Crippen molar-refractivity contribution in [1.82, 2.24) is 0 Å². The molecule has 142 valence electrons. The number of hydrogen-bond acceptors (Lipinski definition) is 5. The lowest BCUT2D eigenvalue weighted by Crippen LogP contribution is -2.21. The van der Waals surface area contributed by atoms with Crippen LogP contribution in [0.2, 0.25) is 5.02 Å². The normalized spacial score (nSPS) is 15.9. The second-order valence-electron chi connectivity index (χ2n) is 6.11. The fourth-order valence-corrected chi connectivity index (χ4v) is 4.96. The fourth-order valence-electron chi connectivity index (χ4n) is 3.04. The number of anilines is 2. The molecule has 28 heavy (non-hydrogen) atoms. The van der Waals surface area contributed by atoms with E-state index in [0.717, 1.165) is 0 Å². The lowest BCUT2D eigenvalue weighted by Gasteiger charge is -2.26. The van der Waals surface area contributed by atoms with Crippen molar-refractivity contribution in [3.05, 3.63) is 83.4 Å². The van der Waals surface area contributed by atoms with Gasteiger partial charge in [-0.3, -0.25) is 0 Å². The number of aliphatic imine (C=N–C) groups is 1. The second-order valence-corrected chi connectivity index (χ2v) is 8.79. The van der Waals surface area contributed by atoms with Crippen molar-refractivity contribution in [1.29, 1.82) is 0 Å². The Morgan fingerprint density at radius 1 is 0.893 bits per heavy atom. The highest BCUT2D eigenvalue weighted by Crippen LogP contribution is 2.38.